The average molecular weight is 251 g/mol. The zero-order valence-electron chi connectivity index (χ0n) is 9.82. The lowest BCUT2D eigenvalue weighted by atomic mass is 10.2. The number of nitrogen functional groups attached to an aromatic ring is 1. The summed E-state index contributed by atoms with van der Waals surface area (Å²) in [6, 6.07) is 8.71. The monoisotopic (exact) mass is 251 g/mol. The third-order valence-electron chi connectivity index (χ3n) is 2.62. The van der Waals surface area contributed by atoms with Crippen LogP contribution in [-0.4, -0.2) is 14.6 Å². The van der Waals surface area contributed by atoms with Gasteiger partial charge < -0.3 is 10.5 Å². The molecule has 0 fully saturated rings. The minimum absolute atomic E-state index is 0.364. The van der Waals surface area contributed by atoms with E-state index in [1.165, 1.54) is 0 Å². The van der Waals surface area contributed by atoms with E-state index in [2.05, 4.69) is 10.1 Å². The van der Waals surface area contributed by atoms with Gasteiger partial charge >= 0.3 is 0 Å². The summed E-state index contributed by atoms with van der Waals surface area (Å²) in [7, 11) is 0. The summed E-state index contributed by atoms with van der Waals surface area (Å²) < 4.78 is 7.32. The number of nitrogens with zero attached hydrogens (tertiary/aromatic N) is 4. The smallest absolute Gasteiger partial charge is 0.245 e. The van der Waals surface area contributed by atoms with Crippen molar-refractivity contribution in [2.75, 3.05) is 5.73 Å². The molecule has 6 nitrogen and oxygen atoms in total. The summed E-state index contributed by atoms with van der Waals surface area (Å²) in [5.74, 6) is 0.805. The normalized spacial score (nSPS) is 10.3. The first-order chi connectivity index (χ1) is 9.28. The molecule has 0 radical (unpaired) electrons. The molecule has 0 aliphatic carbocycles. The number of anilines is 1. The molecule has 0 bridgehead atoms. The van der Waals surface area contributed by atoms with Gasteiger partial charge in [-0.1, -0.05) is 0 Å². The molecule has 19 heavy (non-hydrogen) atoms. The Morgan fingerprint density at radius 1 is 1.26 bits per heavy atom. The summed E-state index contributed by atoms with van der Waals surface area (Å²) in [4.78, 5) is 4.15. The van der Waals surface area contributed by atoms with Crippen molar-refractivity contribution in [3.8, 4) is 17.7 Å². The van der Waals surface area contributed by atoms with Crippen LogP contribution in [0.4, 0.5) is 5.69 Å². The average Bonchev–Trinajstić information content (AvgIpc) is 2.90. The van der Waals surface area contributed by atoms with E-state index in [9.17, 15) is 0 Å². The standard InChI is InChI=1S/C13H9N5O/c14-8-9-7-10(15)1-2-12(9)19-13-11-3-4-17-18(11)6-5-16-13/h1-7H,15H2. The van der Waals surface area contributed by atoms with Gasteiger partial charge in [0.15, 0.2) is 0 Å². The van der Waals surface area contributed by atoms with Crippen molar-refractivity contribution in [1.82, 2.24) is 14.6 Å². The molecule has 2 heterocycles. The highest BCUT2D eigenvalue weighted by molar-refractivity contribution is 5.59. The Morgan fingerprint density at radius 2 is 2.16 bits per heavy atom. The van der Waals surface area contributed by atoms with Gasteiger partial charge in [0.05, 0.1) is 11.8 Å². The van der Waals surface area contributed by atoms with E-state index in [0.717, 1.165) is 5.52 Å². The predicted octanol–water partition coefficient (Wildman–Crippen LogP) is 1.98. The fourth-order valence-electron chi connectivity index (χ4n) is 1.74. The predicted molar refractivity (Wildman–Crippen MR) is 68.6 cm³/mol. The first-order valence-corrected chi connectivity index (χ1v) is 5.54. The molecule has 1 aromatic carbocycles. The van der Waals surface area contributed by atoms with E-state index in [-0.39, 0.29) is 0 Å². The molecule has 0 saturated carbocycles. The van der Waals surface area contributed by atoms with E-state index in [0.29, 0.717) is 22.9 Å². The zero-order valence-corrected chi connectivity index (χ0v) is 9.82. The van der Waals surface area contributed by atoms with Gasteiger partial charge in [0, 0.05) is 18.1 Å². The SMILES string of the molecule is N#Cc1cc(N)ccc1Oc1nccn2nccc12. The number of aromatic nitrogens is 3. The van der Waals surface area contributed by atoms with Gasteiger partial charge in [0.25, 0.3) is 0 Å². The van der Waals surface area contributed by atoms with Crippen LogP contribution in [-0.2, 0) is 0 Å². The third kappa shape index (κ3) is 1.93. The summed E-state index contributed by atoms with van der Waals surface area (Å²) in [5.41, 5.74) is 7.24. The van der Waals surface area contributed by atoms with Gasteiger partial charge in [-0.2, -0.15) is 10.4 Å². The highest BCUT2D eigenvalue weighted by atomic mass is 16.5. The fourth-order valence-corrected chi connectivity index (χ4v) is 1.74. The maximum atomic E-state index is 9.07. The van der Waals surface area contributed by atoms with Crippen LogP contribution in [0, 0.1) is 11.3 Å². The maximum absolute atomic E-state index is 9.07. The maximum Gasteiger partial charge on any atom is 0.245 e. The van der Waals surface area contributed by atoms with Crippen molar-refractivity contribution >= 4 is 11.2 Å². The molecule has 0 amide bonds. The summed E-state index contributed by atoms with van der Waals surface area (Å²) >= 11 is 0. The third-order valence-corrected chi connectivity index (χ3v) is 2.62. The molecule has 0 aliphatic heterocycles. The zero-order chi connectivity index (χ0) is 13.2. The van der Waals surface area contributed by atoms with E-state index in [4.69, 9.17) is 15.7 Å². The summed E-state index contributed by atoms with van der Waals surface area (Å²) in [5, 5.41) is 13.2. The summed E-state index contributed by atoms with van der Waals surface area (Å²) in [6.45, 7) is 0. The number of hydrogen-bond acceptors (Lipinski definition) is 5. The highest BCUT2D eigenvalue weighted by Gasteiger charge is 2.09. The Bertz CT molecular complexity index is 787. The van der Waals surface area contributed by atoms with Crippen molar-refractivity contribution in [2.45, 2.75) is 0 Å². The molecular formula is C13H9N5O. The number of fused-ring (bicyclic) bond motifs is 1. The molecule has 3 aromatic rings. The van der Waals surface area contributed by atoms with Gasteiger partial charge in [-0.25, -0.2) is 9.50 Å². The fraction of sp³-hybridized carbons (Fsp3) is 0. The molecule has 0 aliphatic rings. The van der Waals surface area contributed by atoms with Crippen LogP contribution in [0.1, 0.15) is 5.56 Å². The molecule has 0 unspecified atom stereocenters. The number of rotatable bonds is 2. The van der Waals surface area contributed by atoms with Crippen LogP contribution >= 0.6 is 0 Å². The molecular weight excluding hydrogens is 242 g/mol. The van der Waals surface area contributed by atoms with E-state index in [1.807, 2.05) is 6.07 Å². The van der Waals surface area contributed by atoms with Gasteiger partial charge in [-0.15, -0.1) is 0 Å². The minimum atomic E-state index is 0.364. The topological polar surface area (TPSA) is 89.2 Å². The highest BCUT2D eigenvalue weighted by Crippen LogP contribution is 2.27. The van der Waals surface area contributed by atoms with Crippen molar-refractivity contribution in [1.29, 1.82) is 5.26 Å². The van der Waals surface area contributed by atoms with E-state index in [1.54, 1.807) is 47.4 Å². The van der Waals surface area contributed by atoms with Crippen molar-refractivity contribution < 1.29 is 4.74 Å². The van der Waals surface area contributed by atoms with Crippen LogP contribution in [0.15, 0.2) is 42.9 Å². The number of nitriles is 1. The first-order valence-electron chi connectivity index (χ1n) is 5.54. The van der Waals surface area contributed by atoms with Crippen molar-refractivity contribution in [3.63, 3.8) is 0 Å². The van der Waals surface area contributed by atoms with Crippen molar-refractivity contribution in [2.24, 2.45) is 0 Å². The van der Waals surface area contributed by atoms with Gasteiger partial charge in [0.1, 0.15) is 17.3 Å². The van der Waals surface area contributed by atoms with Gasteiger partial charge in [-0.3, -0.25) is 0 Å². The van der Waals surface area contributed by atoms with Gasteiger partial charge in [0.2, 0.25) is 5.88 Å². The summed E-state index contributed by atoms with van der Waals surface area (Å²) in [6.07, 6.45) is 4.95. The second-order valence-corrected chi connectivity index (χ2v) is 3.86. The largest absolute Gasteiger partial charge is 0.436 e. The molecule has 2 N–H and O–H groups in total. The Balaban J connectivity index is 2.06. The van der Waals surface area contributed by atoms with Crippen LogP contribution < -0.4 is 10.5 Å². The minimum Gasteiger partial charge on any atom is -0.436 e. The number of benzene rings is 1. The van der Waals surface area contributed by atoms with Gasteiger partial charge in [-0.05, 0) is 24.3 Å². The molecule has 0 atom stereocenters. The van der Waals surface area contributed by atoms with Crippen molar-refractivity contribution in [3.05, 3.63) is 48.4 Å². The van der Waals surface area contributed by atoms with Crippen LogP contribution in [0.5, 0.6) is 11.6 Å². The molecule has 2 aromatic heterocycles. The molecule has 92 valence electrons. The lowest BCUT2D eigenvalue weighted by Crippen LogP contribution is -1.96. The second kappa shape index (κ2) is 4.31. The quantitative estimate of drug-likeness (QED) is 0.703. The molecule has 0 saturated heterocycles. The van der Waals surface area contributed by atoms with Crippen LogP contribution in [0.3, 0.4) is 0 Å². The molecule has 0 spiro atoms. The lowest BCUT2D eigenvalue weighted by molar-refractivity contribution is 0.464. The Labute approximate surface area is 108 Å². The van der Waals surface area contributed by atoms with E-state index < -0.39 is 0 Å². The lowest BCUT2D eigenvalue weighted by Gasteiger charge is -2.07. The molecule has 3 rings (SSSR count). The second-order valence-electron chi connectivity index (χ2n) is 3.86. The van der Waals surface area contributed by atoms with Crippen LogP contribution in [0.25, 0.3) is 5.52 Å². The van der Waals surface area contributed by atoms with Crippen LogP contribution in [0.2, 0.25) is 0 Å². The molecule has 6 heteroatoms. The first kappa shape index (κ1) is 11.0. The Kier molecular flexibility index (Phi) is 2.50. The Morgan fingerprint density at radius 3 is 3.00 bits per heavy atom. The number of nitrogens with two attached hydrogens (primary N) is 1. The Hall–Kier alpha value is -3.07. The number of ether oxygens (including phenoxy) is 1. The van der Waals surface area contributed by atoms with E-state index >= 15 is 0 Å². The number of hydrogen-bond donors (Lipinski definition) is 1.